The molecule has 0 radical (unpaired) electrons. The first-order chi connectivity index (χ1) is 11.5. The van der Waals surface area contributed by atoms with Gasteiger partial charge in [0.25, 0.3) is 0 Å². The Bertz CT molecular complexity index is 539. The summed E-state index contributed by atoms with van der Waals surface area (Å²) in [6, 6.07) is 5.65. The molecule has 2 N–H and O–H groups in total. The Hall–Kier alpha value is -1.59. The zero-order chi connectivity index (χ0) is 17.5. The minimum Gasteiger partial charge on any atom is -0.492 e. The van der Waals surface area contributed by atoms with Crippen molar-refractivity contribution in [2.24, 2.45) is 5.92 Å². The lowest BCUT2D eigenvalue weighted by molar-refractivity contribution is -0.118. The maximum atomic E-state index is 11.9. The van der Waals surface area contributed by atoms with Gasteiger partial charge in [-0.3, -0.25) is 9.69 Å². The maximum absolute atomic E-state index is 11.9. The molecule has 5 nitrogen and oxygen atoms in total. The minimum absolute atomic E-state index is 0.0730. The van der Waals surface area contributed by atoms with Gasteiger partial charge in [-0.25, -0.2) is 0 Å². The third-order valence-electron chi connectivity index (χ3n) is 4.49. The van der Waals surface area contributed by atoms with E-state index in [2.05, 4.69) is 10.2 Å². The van der Waals surface area contributed by atoms with E-state index in [0.29, 0.717) is 6.61 Å². The first-order valence-corrected chi connectivity index (χ1v) is 8.89. The van der Waals surface area contributed by atoms with Crippen LogP contribution >= 0.6 is 0 Å². The van der Waals surface area contributed by atoms with Gasteiger partial charge in [0.1, 0.15) is 12.4 Å². The minimum atomic E-state index is -0.612. The lowest BCUT2D eigenvalue weighted by Gasteiger charge is -2.17. The maximum Gasteiger partial charge on any atom is 0.226 e. The summed E-state index contributed by atoms with van der Waals surface area (Å²) in [6.45, 7) is 9.78. The standard InChI is InChI=1S/C19H30N2O3/c1-14(2)17(22)13-19(23)20-16-6-7-18(15(3)12-16)24-11-10-21-8-4-5-9-21/h6-7,12,14,17,22H,4-5,8-11,13H2,1-3H3,(H,20,23). The molecule has 5 heteroatoms. The Kier molecular flexibility index (Phi) is 7.06. The molecule has 1 atom stereocenters. The monoisotopic (exact) mass is 334 g/mol. The molecule has 1 amide bonds. The van der Waals surface area contributed by atoms with Gasteiger partial charge in [-0.15, -0.1) is 0 Å². The molecule has 0 aliphatic carbocycles. The molecule has 0 bridgehead atoms. The average molecular weight is 334 g/mol. The van der Waals surface area contributed by atoms with Crippen LogP contribution < -0.4 is 10.1 Å². The van der Waals surface area contributed by atoms with Crippen LogP contribution in [0.1, 0.15) is 38.7 Å². The summed E-state index contributed by atoms with van der Waals surface area (Å²) in [5.41, 5.74) is 1.74. The van der Waals surface area contributed by atoms with Gasteiger partial charge >= 0.3 is 0 Å². The Labute approximate surface area is 145 Å². The van der Waals surface area contributed by atoms with E-state index in [1.54, 1.807) is 0 Å². The van der Waals surface area contributed by atoms with Crippen molar-refractivity contribution in [3.05, 3.63) is 23.8 Å². The summed E-state index contributed by atoms with van der Waals surface area (Å²) < 4.78 is 5.86. The summed E-state index contributed by atoms with van der Waals surface area (Å²) in [7, 11) is 0. The topological polar surface area (TPSA) is 61.8 Å². The third-order valence-corrected chi connectivity index (χ3v) is 4.49. The predicted molar refractivity (Wildman–Crippen MR) is 96.4 cm³/mol. The third kappa shape index (κ3) is 5.80. The molecule has 134 valence electrons. The highest BCUT2D eigenvalue weighted by Gasteiger charge is 2.15. The number of benzene rings is 1. The molecule has 0 spiro atoms. The molecule has 1 heterocycles. The number of nitrogens with one attached hydrogen (secondary N) is 1. The van der Waals surface area contributed by atoms with Crippen molar-refractivity contribution < 1.29 is 14.6 Å². The zero-order valence-electron chi connectivity index (χ0n) is 15.0. The fourth-order valence-corrected chi connectivity index (χ4v) is 2.82. The van der Waals surface area contributed by atoms with Crippen LogP contribution in [0.25, 0.3) is 0 Å². The molecule has 1 aromatic carbocycles. The molecule has 1 aliphatic heterocycles. The molecule has 2 rings (SSSR count). The van der Waals surface area contributed by atoms with E-state index < -0.39 is 6.10 Å². The van der Waals surface area contributed by atoms with Crippen LogP contribution in [0.5, 0.6) is 5.75 Å². The van der Waals surface area contributed by atoms with Gasteiger partial charge in [-0.05, 0) is 62.5 Å². The van der Waals surface area contributed by atoms with Crippen molar-refractivity contribution in [1.82, 2.24) is 4.90 Å². The molecule has 1 unspecified atom stereocenters. The molecule has 0 aromatic heterocycles. The largest absolute Gasteiger partial charge is 0.492 e. The average Bonchev–Trinajstić information content (AvgIpc) is 3.02. The Morgan fingerprint density at radius 3 is 2.67 bits per heavy atom. The number of likely N-dealkylation sites (tertiary alicyclic amines) is 1. The number of nitrogens with zero attached hydrogens (tertiary/aromatic N) is 1. The summed E-state index contributed by atoms with van der Waals surface area (Å²) in [6.07, 6.45) is 2.09. The number of hydrogen-bond acceptors (Lipinski definition) is 4. The van der Waals surface area contributed by atoms with Gasteiger partial charge in [0.05, 0.1) is 12.5 Å². The normalized spacial score (nSPS) is 16.4. The number of ether oxygens (including phenoxy) is 1. The number of aryl methyl sites for hydroxylation is 1. The van der Waals surface area contributed by atoms with E-state index in [0.717, 1.165) is 23.5 Å². The summed E-state index contributed by atoms with van der Waals surface area (Å²) in [4.78, 5) is 14.4. The number of hydrogen-bond donors (Lipinski definition) is 2. The van der Waals surface area contributed by atoms with Crippen LogP contribution in [0, 0.1) is 12.8 Å². The van der Waals surface area contributed by atoms with Gasteiger partial charge in [-0.1, -0.05) is 13.8 Å². The van der Waals surface area contributed by atoms with E-state index in [4.69, 9.17) is 4.74 Å². The van der Waals surface area contributed by atoms with Gasteiger partial charge in [-0.2, -0.15) is 0 Å². The fraction of sp³-hybridized carbons (Fsp3) is 0.632. The Morgan fingerprint density at radius 1 is 1.33 bits per heavy atom. The second kappa shape index (κ2) is 9.04. The summed E-state index contributed by atoms with van der Waals surface area (Å²) in [5, 5.41) is 12.6. The van der Waals surface area contributed by atoms with Crippen LogP contribution in [0.4, 0.5) is 5.69 Å². The number of rotatable bonds is 8. The molecule has 24 heavy (non-hydrogen) atoms. The smallest absolute Gasteiger partial charge is 0.226 e. The van der Waals surface area contributed by atoms with Crippen molar-refractivity contribution in [3.8, 4) is 5.75 Å². The first-order valence-electron chi connectivity index (χ1n) is 8.89. The number of carbonyl (C=O) groups is 1. The van der Waals surface area contributed by atoms with E-state index in [-0.39, 0.29) is 18.2 Å². The molecule has 1 aromatic rings. The van der Waals surface area contributed by atoms with Crippen LogP contribution in [-0.4, -0.2) is 48.3 Å². The second-order valence-electron chi connectivity index (χ2n) is 6.94. The van der Waals surface area contributed by atoms with Crippen molar-refractivity contribution in [1.29, 1.82) is 0 Å². The molecule has 1 fully saturated rings. The quantitative estimate of drug-likeness (QED) is 0.767. The lowest BCUT2D eigenvalue weighted by atomic mass is 10.0. The van der Waals surface area contributed by atoms with Gasteiger partial charge in [0, 0.05) is 12.2 Å². The summed E-state index contributed by atoms with van der Waals surface area (Å²) in [5.74, 6) is 0.761. The molecule has 1 aliphatic rings. The van der Waals surface area contributed by atoms with Crippen molar-refractivity contribution in [2.45, 2.75) is 46.1 Å². The van der Waals surface area contributed by atoms with E-state index in [9.17, 15) is 9.90 Å². The number of aliphatic hydroxyl groups is 1. The fourth-order valence-electron chi connectivity index (χ4n) is 2.82. The van der Waals surface area contributed by atoms with Crippen LogP contribution in [0.3, 0.4) is 0 Å². The Balaban J connectivity index is 1.81. The summed E-state index contributed by atoms with van der Waals surface area (Å²) >= 11 is 0. The van der Waals surface area contributed by atoms with Crippen molar-refractivity contribution >= 4 is 11.6 Å². The van der Waals surface area contributed by atoms with E-state index in [1.165, 1.54) is 25.9 Å². The second-order valence-corrected chi connectivity index (χ2v) is 6.94. The first kappa shape index (κ1) is 18.7. The van der Waals surface area contributed by atoms with E-state index in [1.807, 2.05) is 39.0 Å². The highest BCUT2D eigenvalue weighted by atomic mass is 16.5. The number of amides is 1. The van der Waals surface area contributed by atoms with E-state index >= 15 is 0 Å². The molecular weight excluding hydrogens is 304 g/mol. The zero-order valence-corrected chi connectivity index (χ0v) is 15.0. The SMILES string of the molecule is Cc1cc(NC(=O)CC(O)C(C)C)ccc1OCCN1CCCC1. The highest BCUT2D eigenvalue weighted by molar-refractivity contribution is 5.91. The van der Waals surface area contributed by atoms with Gasteiger partial charge in [0.15, 0.2) is 0 Å². The molecule has 0 saturated carbocycles. The predicted octanol–water partition coefficient (Wildman–Crippen LogP) is 2.82. The number of aliphatic hydroxyl groups excluding tert-OH is 1. The highest BCUT2D eigenvalue weighted by Crippen LogP contribution is 2.22. The number of anilines is 1. The van der Waals surface area contributed by atoms with Crippen LogP contribution in [0.15, 0.2) is 18.2 Å². The lowest BCUT2D eigenvalue weighted by Crippen LogP contribution is -2.25. The van der Waals surface area contributed by atoms with Crippen molar-refractivity contribution in [2.75, 3.05) is 31.6 Å². The van der Waals surface area contributed by atoms with Gasteiger partial charge in [0.2, 0.25) is 5.91 Å². The number of carbonyl (C=O) groups excluding carboxylic acids is 1. The molecular formula is C19H30N2O3. The van der Waals surface area contributed by atoms with Crippen LogP contribution in [0.2, 0.25) is 0 Å². The van der Waals surface area contributed by atoms with Crippen molar-refractivity contribution in [3.63, 3.8) is 0 Å². The Morgan fingerprint density at radius 2 is 2.04 bits per heavy atom. The van der Waals surface area contributed by atoms with Crippen LogP contribution in [-0.2, 0) is 4.79 Å². The van der Waals surface area contributed by atoms with Gasteiger partial charge < -0.3 is 15.2 Å². The molecule has 1 saturated heterocycles.